The summed E-state index contributed by atoms with van der Waals surface area (Å²) in [6, 6.07) is 4.04. The number of hydrogen-bond acceptors (Lipinski definition) is 1. The van der Waals surface area contributed by atoms with E-state index < -0.39 is 11.6 Å². The highest BCUT2D eigenvalue weighted by molar-refractivity contribution is 5.24. The van der Waals surface area contributed by atoms with E-state index in [0.29, 0.717) is 11.5 Å². The van der Waals surface area contributed by atoms with E-state index in [0.717, 1.165) is 24.4 Å². The van der Waals surface area contributed by atoms with Gasteiger partial charge >= 0.3 is 0 Å². The molecule has 2 aliphatic rings. The zero-order valence-corrected chi connectivity index (χ0v) is 11.3. The number of benzene rings is 1. The monoisotopic (exact) mass is 265 g/mol. The maximum Gasteiger partial charge on any atom is 0.130 e. The van der Waals surface area contributed by atoms with E-state index >= 15 is 0 Å². The number of fused-ring (bicyclic) bond motifs is 2. The van der Waals surface area contributed by atoms with Crippen molar-refractivity contribution in [3.63, 3.8) is 0 Å². The molecular weight excluding hydrogens is 244 g/mol. The SMILES string of the molecule is CCNC(c1ccc(F)cc1F)C1CC2CCC1C2. The summed E-state index contributed by atoms with van der Waals surface area (Å²) in [6.45, 7) is 2.86. The molecule has 4 atom stereocenters. The maximum atomic E-state index is 14.0. The minimum absolute atomic E-state index is 0.0425. The van der Waals surface area contributed by atoms with E-state index in [9.17, 15) is 8.78 Å². The lowest BCUT2D eigenvalue weighted by Gasteiger charge is -2.31. The van der Waals surface area contributed by atoms with Crippen molar-refractivity contribution in [2.75, 3.05) is 6.54 Å². The van der Waals surface area contributed by atoms with Crippen molar-refractivity contribution < 1.29 is 8.78 Å². The van der Waals surface area contributed by atoms with Gasteiger partial charge in [-0.2, -0.15) is 0 Å². The molecule has 1 aromatic carbocycles. The fourth-order valence-corrected chi connectivity index (χ4v) is 4.17. The van der Waals surface area contributed by atoms with Gasteiger partial charge in [0.2, 0.25) is 0 Å². The van der Waals surface area contributed by atoms with Gasteiger partial charge in [-0.3, -0.25) is 0 Å². The van der Waals surface area contributed by atoms with Crippen LogP contribution in [0.3, 0.4) is 0 Å². The van der Waals surface area contributed by atoms with Crippen molar-refractivity contribution >= 4 is 0 Å². The van der Waals surface area contributed by atoms with E-state index in [4.69, 9.17) is 0 Å². The molecule has 0 radical (unpaired) electrons. The van der Waals surface area contributed by atoms with Gasteiger partial charge in [-0.1, -0.05) is 19.4 Å². The first kappa shape index (κ1) is 13.0. The first-order valence-corrected chi connectivity index (χ1v) is 7.37. The van der Waals surface area contributed by atoms with Gasteiger partial charge in [0, 0.05) is 17.7 Å². The van der Waals surface area contributed by atoms with E-state index in [1.54, 1.807) is 6.07 Å². The van der Waals surface area contributed by atoms with Gasteiger partial charge in [0.1, 0.15) is 11.6 Å². The van der Waals surface area contributed by atoms with Gasteiger partial charge in [0.25, 0.3) is 0 Å². The van der Waals surface area contributed by atoms with Gasteiger partial charge in [0.05, 0.1) is 0 Å². The summed E-state index contributed by atoms with van der Waals surface area (Å²) in [5.74, 6) is 1.16. The quantitative estimate of drug-likeness (QED) is 0.866. The average Bonchev–Trinajstić information content (AvgIpc) is 2.99. The first-order chi connectivity index (χ1) is 9.19. The third kappa shape index (κ3) is 2.40. The molecule has 3 heteroatoms. The van der Waals surface area contributed by atoms with Crippen LogP contribution in [0.25, 0.3) is 0 Å². The van der Waals surface area contributed by atoms with Crippen molar-refractivity contribution in [1.82, 2.24) is 5.32 Å². The van der Waals surface area contributed by atoms with E-state index in [-0.39, 0.29) is 6.04 Å². The lowest BCUT2D eigenvalue weighted by atomic mass is 9.80. The molecule has 104 valence electrons. The van der Waals surface area contributed by atoms with Crippen LogP contribution in [0.2, 0.25) is 0 Å². The molecule has 0 amide bonds. The Morgan fingerprint density at radius 2 is 2.11 bits per heavy atom. The lowest BCUT2D eigenvalue weighted by molar-refractivity contribution is 0.248. The van der Waals surface area contributed by atoms with Crippen LogP contribution in [0, 0.1) is 29.4 Å². The Bertz CT molecular complexity index is 460. The van der Waals surface area contributed by atoms with Gasteiger partial charge in [-0.25, -0.2) is 8.78 Å². The number of nitrogens with one attached hydrogen (secondary N) is 1. The highest BCUT2D eigenvalue weighted by Gasteiger charge is 2.43. The summed E-state index contributed by atoms with van der Waals surface area (Å²) in [6.07, 6.45) is 5.11. The first-order valence-electron chi connectivity index (χ1n) is 7.37. The molecule has 1 aromatic rings. The second kappa shape index (κ2) is 5.20. The molecule has 1 N–H and O–H groups in total. The highest BCUT2D eigenvalue weighted by atomic mass is 19.1. The Morgan fingerprint density at radius 1 is 1.26 bits per heavy atom. The Morgan fingerprint density at radius 3 is 2.68 bits per heavy atom. The van der Waals surface area contributed by atoms with Crippen molar-refractivity contribution in [3.05, 3.63) is 35.4 Å². The summed E-state index contributed by atoms with van der Waals surface area (Å²) < 4.78 is 27.1. The normalized spacial score (nSPS) is 30.8. The van der Waals surface area contributed by atoms with Crippen molar-refractivity contribution in [2.24, 2.45) is 17.8 Å². The topological polar surface area (TPSA) is 12.0 Å². The molecule has 0 saturated heterocycles. The van der Waals surface area contributed by atoms with Crippen LogP contribution in [0.4, 0.5) is 8.78 Å². The zero-order chi connectivity index (χ0) is 13.4. The van der Waals surface area contributed by atoms with Crippen LogP contribution >= 0.6 is 0 Å². The molecule has 1 nitrogen and oxygen atoms in total. The molecule has 4 unspecified atom stereocenters. The van der Waals surface area contributed by atoms with Crippen LogP contribution in [0.5, 0.6) is 0 Å². The highest BCUT2D eigenvalue weighted by Crippen LogP contribution is 2.52. The molecular formula is C16H21F2N. The van der Waals surface area contributed by atoms with Gasteiger partial charge in [-0.15, -0.1) is 0 Å². The summed E-state index contributed by atoms with van der Waals surface area (Å²) >= 11 is 0. The Labute approximate surface area is 113 Å². The van der Waals surface area contributed by atoms with Gasteiger partial charge < -0.3 is 5.32 Å². The zero-order valence-electron chi connectivity index (χ0n) is 11.3. The van der Waals surface area contributed by atoms with Crippen LogP contribution in [0.15, 0.2) is 18.2 Å². The van der Waals surface area contributed by atoms with E-state index in [1.807, 2.05) is 6.92 Å². The Hall–Kier alpha value is -0.960. The second-order valence-corrected chi connectivity index (χ2v) is 6.04. The number of rotatable bonds is 4. The lowest BCUT2D eigenvalue weighted by Crippen LogP contribution is -2.32. The molecule has 2 aliphatic carbocycles. The smallest absolute Gasteiger partial charge is 0.130 e. The molecule has 19 heavy (non-hydrogen) atoms. The predicted molar refractivity (Wildman–Crippen MR) is 71.7 cm³/mol. The van der Waals surface area contributed by atoms with Crippen molar-refractivity contribution in [3.8, 4) is 0 Å². The van der Waals surface area contributed by atoms with Crippen molar-refractivity contribution in [2.45, 2.75) is 38.6 Å². The third-order valence-electron chi connectivity index (χ3n) is 4.94. The minimum atomic E-state index is -0.496. The minimum Gasteiger partial charge on any atom is -0.310 e. The van der Waals surface area contributed by atoms with Crippen LogP contribution in [-0.2, 0) is 0 Å². The van der Waals surface area contributed by atoms with Crippen molar-refractivity contribution in [1.29, 1.82) is 0 Å². The van der Waals surface area contributed by atoms with Crippen LogP contribution in [0.1, 0.15) is 44.2 Å². The van der Waals surface area contributed by atoms with Gasteiger partial charge in [0.15, 0.2) is 0 Å². The van der Waals surface area contributed by atoms with Crippen LogP contribution in [-0.4, -0.2) is 6.54 Å². The Balaban J connectivity index is 1.88. The van der Waals surface area contributed by atoms with E-state index in [1.165, 1.54) is 31.7 Å². The van der Waals surface area contributed by atoms with Gasteiger partial charge in [-0.05, 0) is 49.6 Å². The summed E-state index contributed by atoms with van der Waals surface area (Å²) in [7, 11) is 0. The Kier molecular flexibility index (Phi) is 3.57. The molecule has 0 spiro atoms. The second-order valence-electron chi connectivity index (χ2n) is 6.04. The molecule has 0 aromatic heterocycles. The molecule has 3 rings (SSSR count). The number of hydrogen-bond donors (Lipinski definition) is 1. The fourth-order valence-electron chi connectivity index (χ4n) is 4.17. The third-order valence-corrected chi connectivity index (χ3v) is 4.94. The summed E-state index contributed by atoms with van der Waals surface area (Å²) in [5, 5.41) is 3.42. The van der Waals surface area contributed by atoms with Crippen LogP contribution < -0.4 is 5.32 Å². The summed E-state index contributed by atoms with van der Waals surface area (Å²) in [4.78, 5) is 0. The standard InChI is InChI=1S/C16H21F2N/c1-2-19-16(13-6-5-12(17)9-15(13)18)14-8-10-3-4-11(14)7-10/h5-6,9-11,14,16,19H,2-4,7-8H2,1H3. The average molecular weight is 265 g/mol. The maximum absolute atomic E-state index is 14.0. The molecule has 2 bridgehead atoms. The predicted octanol–water partition coefficient (Wildman–Crippen LogP) is 4.05. The molecule has 0 aliphatic heterocycles. The molecule has 2 fully saturated rings. The summed E-state index contributed by atoms with van der Waals surface area (Å²) in [5.41, 5.74) is 0.640. The fraction of sp³-hybridized carbons (Fsp3) is 0.625. The molecule has 2 saturated carbocycles. The molecule has 0 heterocycles. The van der Waals surface area contributed by atoms with E-state index in [2.05, 4.69) is 5.32 Å². The number of halogens is 2. The largest absolute Gasteiger partial charge is 0.310 e.